The van der Waals surface area contributed by atoms with E-state index >= 15 is 0 Å². The van der Waals surface area contributed by atoms with Crippen LogP contribution in [0.15, 0.2) is 57.8 Å². The van der Waals surface area contributed by atoms with Crippen molar-refractivity contribution in [3.8, 4) is 28.4 Å². The number of ether oxygens (including phenoxy) is 3. The Labute approximate surface area is 150 Å². The van der Waals surface area contributed by atoms with E-state index in [0.29, 0.717) is 35.0 Å². The predicted molar refractivity (Wildman–Crippen MR) is 99.1 cm³/mol. The third-order valence-corrected chi connectivity index (χ3v) is 4.29. The molecule has 3 aromatic rings. The van der Waals surface area contributed by atoms with E-state index in [2.05, 4.69) is 6.58 Å². The zero-order chi connectivity index (χ0) is 18.3. The molecule has 0 unspecified atom stereocenters. The van der Waals surface area contributed by atoms with Gasteiger partial charge in [0.1, 0.15) is 17.9 Å². The van der Waals surface area contributed by atoms with Crippen LogP contribution in [0.4, 0.5) is 0 Å². The summed E-state index contributed by atoms with van der Waals surface area (Å²) in [6, 6.07) is 10.9. The second-order valence-electron chi connectivity index (χ2n) is 6.36. The maximum Gasteiger partial charge on any atom is 0.344 e. The highest BCUT2D eigenvalue weighted by Gasteiger charge is 2.18. The van der Waals surface area contributed by atoms with Crippen LogP contribution in [0.3, 0.4) is 0 Å². The molecule has 5 nitrogen and oxygen atoms in total. The highest BCUT2D eigenvalue weighted by Crippen LogP contribution is 2.37. The third kappa shape index (κ3) is 2.81. The number of rotatable bonds is 4. The largest absolute Gasteiger partial charge is 0.489 e. The maximum absolute atomic E-state index is 12.6. The third-order valence-electron chi connectivity index (χ3n) is 4.29. The average molecular weight is 350 g/mol. The first-order valence-electron chi connectivity index (χ1n) is 8.27. The lowest BCUT2D eigenvalue weighted by molar-refractivity contribution is 0.174. The molecule has 4 rings (SSSR count). The van der Waals surface area contributed by atoms with Crippen LogP contribution in [0.2, 0.25) is 0 Å². The molecule has 0 amide bonds. The van der Waals surface area contributed by atoms with E-state index in [-0.39, 0.29) is 6.79 Å². The summed E-state index contributed by atoms with van der Waals surface area (Å²) in [5.41, 5.74) is 3.13. The fourth-order valence-electron chi connectivity index (χ4n) is 3.02. The second kappa shape index (κ2) is 6.26. The molecule has 0 fully saturated rings. The molecule has 1 aliphatic rings. The van der Waals surface area contributed by atoms with Crippen LogP contribution in [0.25, 0.3) is 22.1 Å². The normalized spacial score (nSPS) is 12.4. The van der Waals surface area contributed by atoms with E-state index in [4.69, 9.17) is 18.6 Å². The van der Waals surface area contributed by atoms with Crippen LogP contribution in [0, 0.1) is 6.92 Å². The Morgan fingerprint density at radius 3 is 2.77 bits per heavy atom. The Hall–Kier alpha value is -3.21. The first-order chi connectivity index (χ1) is 12.5. The molecule has 0 bridgehead atoms. The van der Waals surface area contributed by atoms with Gasteiger partial charge in [-0.1, -0.05) is 12.6 Å². The van der Waals surface area contributed by atoms with Gasteiger partial charge in [-0.05, 0) is 54.8 Å². The first-order valence-corrected chi connectivity index (χ1v) is 8.27. The molecule has 0 atom stereocenters. The van der Waals surface area contributed by atoms with E-state index < -0.39 is 5.63 Å². The Morgan fingerprint density at radius 1 is 1.15 bits per heavy atom. The van der Waals surface area contributed by atoms with Crippen LogP contribution in [-0.2, 0) is 0 Å². The highest BCUT2D eigenvalue weighted by molar-refractivity contribution is 5.87. The molecule has 2 aromatic carbocycles. The molecule has 5 heteroatoms. The van der Waals surface area contributed by atoms with Crippen molar-refractivity contribution >= 4 is 11.0 Å². The molecular formula is C21H18O5. The van der Waals surface area contributed by atoms with Crippen LogP contribution in [-0.4, -0.2) is 13.4 Å². The van der Waals surface area contributed by atoms with E-state index in [1.54, 1.807) is 18.2 Å². The van der Waals surface area contributed by atoms with Gasteiger partial charge < -0.3 is 18.6 Å². The number of hydrogen-bond donors (Lipinski definition) is 0. The summed E-state index contributed by atoms with van der Waals surface area (Å²) < 4.78 is 21.9. The SMILES string of the molecule is C=C(C)COc1ccc2c(C)c(-c3ccc4c(c3)OCO4)c(=O)oc2c1. The Balaban J connectivity index is 1.80. The molecule has 2 heterocycles. The van der Waals surface area contributed by atoms with Crippen molar-refractivity contribution in [3.63, 3.8) is 0 Å². The molecule has 0 radical (unpaired) electrons. The molecule has 0 spiro atoms. The summed E-state index contributed by atoms with van der Waals surface area (Å²) >= 11 is 0. The number of fused-ring (bicyclic) bond motifs is 2. The Bertz CT molecular complexity index is 1080. The molecule has 0 saturated heterocycles. The van der Waals surface area contributed by atoms with Gasteiger partial charge in [0.2, 0.25) is 6.79 Å². The molecule has 0 N–H and O–H groups in total. The standard InChI is InChI=1S/C21H18O5/c1-12(2)10-23-15-5-6-16-13(3)20(21(22)26-18(16)9-15)14-4-7-17-19(8-14)25-11-24-17/h4-9H,1,10-11H2,2-3H3. The average Bonchev–Trinajstić information content (AvgIpc) is 3.07. The summed E-state index contributed by atoms with van der Waals surface area (Å²) in [6.45, 7) is 8.23. The van der Waals surface area contributed by atoms with Crippen molar-refractivity contribution in [2.45, 2.75) is 13.8 Å². The predicted octanol–water partition coefficient (Wildman–Crippen LogP) is 4.45. The van der Waals surface area contributed by atoms with Gasteiger partial charge in [0, 0.05) is 11.5 Å². The van der Waals surface area contributed by atoms with Gasteiger partial charge in [-0.25, -0.2) is 4.79 Å². The maximum atomic E-state index is 12.6. The van der Waals surface area contributed by atoms with Gasteiger partial charge in [0.05, 0.1) is 5.56 Å². The second-order valence-corrected chi connectivity index (χ2v) is 6.36. The summed E-state index contributed by atoms with van der Waals surface area (Å²) in [5.74, 6) is 1.94. The highest BCUT2D eigenvalue weighted by atomic mass is 16.7. The summed E-state index contributed by atoms with van der Waals surface area (Å²) in [4.78, 5) is 12.6. The summed E-state index contributed by atoms with van der Waals surface area (Å²) in [5, 5.41) is 0.861. The van der Waals surface area contributed by atoms with Crippen LogP contribution in [0.5, 0.6) is 17.2 Å². The lowest BCUT2D eigenvalue weighted by Gasteiger charge is -2.10. The van der Waals surface area contributed by atoms with E-state index in [0.717, 1.165) is 22.1 Å². The molecule has 132 valence electrons. The number of hydrogen-bond acceptors (Lipinski definition) is 5. The van der Waals surface area contributed by atoms with Gasteiger partial charge in [-0.15, -0.1) is 0 Å². The number of aryl methyl sites for hydroxylation is 1. The zero-order valence-corrected chi connectivity index (χ0v) is 14.6. The molecule has 26 heavy (non-hydrogen) atoms. The van der Waals surface area contributed by atoms with Gasteiger partial charge in [-0.2, -0.15) is 0 Å². The molecular weight excluding hydrogens is 332 g/mol. The minimum Gasteiger partial charge on any atom is -0.489 e. The molecule has 0 aliphatic carbocycles. The van der Waals surface area contributed by atoms with E-state index in [9.17, 15) is 4.79 Å². The van der Waals surface area contributed by atoms with Crippen LogP contribution >= 0.6 is 0 Å². The lowest BCUT2D eigenvalue weighted by Crippen LogP contribution is -2.06. The van der Waals surface area contributed by atoms with Gasteiger partial charge in [0.15, 0.2) is 11.5 Å². The van der Waals surface area contributed by atoms with Crippen molar-refractivity contribution in [2.75, 3.05) is 13.4 Å². The van der Waals surface area contributed by atoms with Crippen molar-refractivity contribution in [2.24, 2.45) is 0 Å². The number of benzene rings is 2. The monoisotopic (exact) mass is 350 g/mol. The van der Waals surface area contributed by atoms with E-state index in [1.807, 2.05) is 32.0 Å². The minimum atomic E-state index is -0.397. The topological polar surface area (TPSA) is 57.9 Å². The van der Waals surface area contributed by atoms with Gasteiger partial charge in [-0.3, -0.25) is 0 Å². The zero-order valence-electron chi connectivity index (χ0n) is 14.6. The fraction of sp³-hybridized carbons (Fsp3) is 0.190. The van der Waals surface area contributed by atoms with Gasteiger partial charge in [0.25, 0.3) is 0 Å². The quantitative estimate of drug-likeness (QED) is 0.514. The van der Waals surface area contributed by atoms with Gasteiger partial charge >= 0.3 is 5.63 Å². The molecule has 1 aliphatic heterocycles. The molecule has 0 saturated carbocycles. The van der Waals surface area contributed by atoms with Crippen molar-refractivity contribution in [1.29, 1.82) is 0 Å². The van der Waals surface area contributed by atoms with Crippen molar-refractivity contribution in [3.05, 3.63) is 64.5 Å². The summed E-state index contributed by atoms with van der Waals surface area (Å²) in [7, 11) is 0. The minimum absolute atomic E-state index is 0.192. The first kappa shape index (κ1) is 16.3. The Kier molecular flexibility index (Phi) is 3.92. The Morgan fingerprint density at radius 2 is 1.96 bits per heavy atom. The molecule has 1 aromatic heterocycles. The van der Waals surface area contributed by atoms with E-state index in [1.165, 1.54) is 0 Å². The van der Waals surface area contributed by atoms with Crippen LogP contribution < -0.4 is 19.8 Å². The fourth-order valence-corrected chi connectivity index (χ4v) is 3.02. The lowest BCUT2D eigenvalue weighted by atomic mass is 9.99. The van der Waals surface area contributed by atoms with Crippen molar-refractivity contribution < 1.29 is 18.6 Å². The van der Waals surface area contributed by atoms with Crippen molar-refractivity contribution in [1.82, 2.24) is 0 Å². The van der Waals surface area contributed by atoms with Crippen LogP contribution in [0.1, 0.15) is 12.5 Å². The summed E-state index contributed by atoms with van der Waals surface area (Å²) in [6.07, 6.45) is 0. The smallest absolute Gasteiger partial charge is 0.344 e.